The van der Waals surface area contributed by atoms with Gasteiger partial charge in [-0.15, -0.1) is 17.9 Å². The summed E-state index contributed by atoms with van der Waals surface area (Å²) in [6.07, 6.45) is 6.27. The van der Waals surface area contributed by atoms with Crippen LogP contribution in [-0.2, 0) is 25.6 Å². The van der Waals surface area contributed by atoms with Crippen molar-refractivity contribution in [2.75, 3.05) is 27.3 Å². The number of hydrogen-bond donors (Lipinski definition) is 5. The van der Waals surface area contributed by atoms with E-state index in [2.05, 4.69) is 49.3 Å². The van der Waals surface area contributed by atoms with Gasteiger partial charge in [-0.2, -0.15) is 0 Å². The van der Waals surface area contributed by atoms with E-state index in [-0.39, 0.29) is 18.4 Å². The Bertz CT molecular complexity index is 2920. The number of alkyl carbamates (subject to hydrolysis) is 1. The number of ether oxygens (including phenoxy) is 3. The fourth-order valence-electron chi connectivity index (χ4n) is 9.46. The summed E-state index contributed by atoms with van der Waals surface area (Å²) in [4.78, 5) is 61.2. The number of nitrogens with one attached hydrogen (secondary N) is 4. The number of aromatic nitrogens is 5. The molecule has 6 aromatic rings. The average molecular weight is 980 g/mol. The van der Waals surface area contributed by atoms with Crippen molar-refractivity contribution >= 4 is 40.1 Å². The minimum Gasteiger partial charge on any atom is -0.464 e. The number of rotatable bonds is 18. The Balaban J connectivity index is 1.02. The predicted octanol–water partition coefficient (Wildman–Crippen LogP) is 8.68. The number of alkyl halides is 1. The molecule has 2 fully saturated rings. The van der Waals surface area contributed by atoms with Gasteiger partial charge in [0, 0.05) is 41.6 Å². The van der Waals surface area contributed by atoms with Crippen LogP contribution in [0.25, 0.3) is 44.7 Å². The molecule has 5 atom stereocenters. The molecule has 1 aliphatic carbocycles. The molecule has 5 N–H and O–H groups in total. The lowest BCUT2D eigenvalue weighted by atomic mass is 9.99. The van der Waals surface area contributed by atoms with E-state index in [9.17, 15) is 19.5 Å². The second kappa shape index (κ2) is 19.8. The number of methoxy groups -OCH3 is 2. The molecule has 70 heavy (non-hydrogen) atoms. The Hall–Kier alpha value is -6.41. The molecule has 9 rings (SSSR count). The number of nitrogens with zero attached hydrogens (tertiary/aromatic N) is 5. The van der Waals surface area contributed by atoms with E-state index in [1.807, 2.05) is 48.7 Å². The van der Waals surface area contributed by atoms with E-state index >= 15 is 8.78 Å². The minimum atomic E-state index is -2.03. The summed E-state index contributed by atoms with van der Waals surface area (Å²) in [5.41, 5.74) is 2.33. The van der Waals surface area contributed by atoms with Crippen molar-refractivity contribution in [2.45, 2.75) is 109 Å². The molecule has 2 aromatic carbocycles. The Morgan fingerprint density at radius 1 is 1.04 bits per heavy atom. The van der Waals surface area contributed by atoms with E-state index in [1.165, 1.54) is 39.0 Å². The smallest absolute Gasteiger partial charge is 0.407 e. The third-order valence-electron chi connectivity index (χ3n) is 13.3. The number of benzene rings is 2. The zero-order valence-corrected chi connectivity index (χ0v) is 40.9. The molecule has 0 radical (unpaired) electrons. The van der Waals surface area contributed by atoms with Gasteiger partial charge < -0.3 is 44.4 Å². The number of hydrogen-bond acceptors (Lipinski definition) is 11. The molecule has 4 aromatic heterocycles. The van der Waals surface area contributed by atoms with Crippen molar-refractivity contribution < 1.29 is 42.5 Å². The second-order valence-corrected chi connectivity index (χ2v) is 20.2. The molecule has 6 heterocycles. The molecule has 1 saturated heterocycles. The standard InChI is InChI=1S/C51H59F2N9O7S/c1-8-9-18-60(46(63)43(27(2)3)58-49(65)67-6)26-41-54-24-33(56-41)29-14-15-35-31(20-29)22-37-42-32(52)21-30(23-38(42)69-48(62(35)37)40-17-16-39(70-40)28-12-13-28)34-25-55-45(57-34)36-11-10-19-61(36)47(64)44(51(4,5)53)59-50(66)68-7/h8,14-17,20-25,27-28,36,43-44,48,50,59,66H,1,9-13,18-19,26H2,2-7H3,(H,54,56)(H,55,57)(H,58,65)/t36-,43-,44?,48?,50?/m0/s1. The van der Waals surface area contributed by atoms with Gasteiger partial charge in [0.1, 0.15) is 41.0 Å². The Kier molecular flexibility index (Phi) is 13.7. The molecule has 370 valence electrons. The number of amides is 3. The number of aliphatic hydroxyl groups excluding tert-OH is 1. The number of H-pyrrole nitrogens is 2. The number of halogens is 2. The van der Waals surface area contributed by atoms with Crippen LogP contribution in [0.15, 0.2) is 73.6 Å². The van der Waals surface area contributed by atoms with Gasteiger partial charge >= 0.3 is 6.09 Å². The summed E-state index contributed by atoms with van der Waals surface area (Å²) in [6, 6.07) is 12.8. The lowest BCUT2D eigenvalue weighted by Gasteiger charge is -2.34. The molecular weight excluding hydrogens is 921 g/mol. The van der Waals surface area contributed by atoms with Gasteiger partial charge in [0.15, 0.2) is 0 Å². The fourth-order valence-corrected chi connectivity index (χ4v) is 10.7. The number of imidazole rings is 2. The number of aromatic amines is 2. The van der Waals surface area contributed by atoms with Gasteiger partial charge in [0.2, 0.25) is 24.5 Å². The van der Waals surface area contributed by atoms with Crippen LogP contribution in [0.3, 0.4) is 0 Å². The summed E-state index contributed by atoms with van der Waals surface area (Å²) in [5, 5.41) is 16.2. The molecule has 3 amide bonds. The van der Waals surface area contributed by atoms with Gasteiger partial charge in [0.25, 0.3) is 0 Å². The van der Waals surface area contributed by atoms with Crippen LogP contribution in [0.4, 0.5) is 13.6 Å². The normalized spacial score (nSPS) is 18.0. The lowest BCUT2D eigenvalue weighted by molar-refractivity contribution is -0.149. The fraction of sp³-hybridized carbons (Fsp3) is 0.431. The van der Waals surface area contributed by atoms with Crippen LogP contribution >= 0.6 is 11.3 Å². The molecule has 1 saturated carbocycles. The summed E-state index contributed by atoms with van der Waals surface area (Å²) in [7, 11) is 2.51. The molecule has 0 spiro atoms. The predicted molar refractivity (Wildman–Crippen MR) is 261 cm³/mol. The van der Waals surface area contributed by atoms with Crippen LogP contribution in [0, 0.1) is 11.7 Å². The molecule has 3 aliphatic rings. The van der Waals surface area contributed by atoms with Crippen LogP contribution in [0.5, 0.6) is 5.75 Å². The van der Waals surface area contributed by atoms with Gasteiger partial charge in [-0.1, -0.05) is 26.0 Å². The van der Waals surface area contributed by atoms with Crippen LogP contribution in [0.2, 0.25) is 0 Å². The minimum absolute atomic E-state index is 0.166. The molecule has 19 heteroatoms. The van der Waals surface area contributed by atoms with Gasteiger partial charge in [-0.05, 0) is 100 Å². The van der Waals surface area contributed by atoms with Crippen molar-refractivity contribution in [3.05, 3.63) is 101 Å². The Morgan fingerprint density at radius 3 is 2.51 bits per heavy atom. The molecular formula is C51H59F2N9O7S. The highest BCUT2D eigenvalue weighted by Gasteiger charge is 2.43. The second-order valence-electron chi connectivity index (χ2n) is 19.1. The monoisotopic (exact) mass is 979 g/mol. The first-order valence-electron chi connectivity index (χ1n) is 23.6. The maximum absolute atomic E-state index is 16.9. The van der Waals surface area contributed by atoms with Gasteiger partial charge in [-0.25, -0.2) is 23.5 Å². The molecule has 0 bridgehead atoms. The number of carbonyl (C=O) groups excluding carboxylic acids is 3. The largest absolute Gasteiger partial charge is 0.464 e. The summed E-state index contributed by atoms with van der Waals surface area (Å²) >= 11 is 1.70. The number of thiophene rings is 1. The first-order valence-corrected chi connectivity index (χ1v) is 24.4. The lowest BCUT2D eigenvalue weighted by Crippen LogP contribution is -2.58. The van der Waals surface area contributed by atoms with E-state index in [0.29, 0.717) is 78.2 Å². The van der Waals surface area contributed by atoms with Gasteiger partial charge in [-0.3, -0.25) is 19.5 Å². The topological polar surface area (TPSA) is 192 Å². The highest BCUT2D eigenvalue weighted by molar-refractivity contribution is 7.12. The van der Waals surface area contributed by atoms with E-state index < -0.39 is 54.3 Å². The van der Waals surface area contributed by atoms with E-state index in [1.54, 1.807) is 39.6 Å². The van der Waals surface area contributed by atoms with Crippen molar-refractivity contribution in [1.29, 1.82) is 0 Å². The highest BCUT2D eigenvalue weighted by atomic mass is 32.1. The summed E-state index contributed by atoms with van der Waals surface area (Å²) in [6.45, 7) is 11.0. The van der Waals surface area contributed by atoms with Crippen molar-refractivity contribution in [2.24, 2.45) is 5.92 Å². The van der Waals surface area contributed by atoms with Crippen molar-refractivity contribution in [3.8, 4) is 39.5 Å². The quantitative estimate of drug-likeness (QED) is 0.0411. The average Bonchev–Trinajstić information content (AvgIpc) is 3.92. The maximum atomic E-state index is 16.9. The first-order chi connectivity index (χ1) is 33.6. The van der Waals surface area contributed by atoms with E-state index in [0.717, 1.165) is 39.9 Å². The first kappa shape index (κ1) is 48.6. The zero-order chi connectivity index (χ0) is 49.6. The number of aliphatic hydroxyl groups is 1. The van der Waals surface area contributed by atoms with Gasteiger partial charge in [0.05, 0.1) is 65.1 Å². The Labute approximate surface area is 408 Å². The van der Waals surface area contributed by atoms with Crippen LogP contribution in [-0.4, -0.2) is 109 Å². The summed E-state index contributed by atoms with van der Waals surface area (Å²) in [5.74, 6) is 0.409. The number of fused-ring (bicyclic) bond motifs is 5. The molecule has 2 aliphatic heterocycles. The third kappa shape index (κ3) is 9.71. The number of carbonyl (C=O) groups is 3. The maximum Gasteiger partial charge on any atom is 0.407 e. The van der Waals surface area contributed by atoms with Crippen LogP contribution < -0.4 is 15.4 Å². The summed E-state index contributed by atoms with van der Waals surface area (Å²) < 4.78 is 50.9. The van der Waals surface area contributed by atoms with Crippen molar-refractivity contribution in [1.82, 2.24) is 44.9 Å². The highest BCUT2D eigenvalue weighted by Crippen LogP contribution is 2.50. The molecule has 3 unspecified atom stereocenters. The molecule has 16 nitrogen and oxygen atoms in total. The van der Waals surface area contributed by atoms with Crippen LogP contribution in [0.1, 0.15) is 99.4 Å². The van der Waals surface area contributed by atoms with Crippen molar-refractivity contribution in [3.63, 3.8) is 0 Å². The number of likely N-dealkylation sites (tertiary alicyclic amines) is 1. The third-order valence-corrected chi connectivity index (χ3v) is 14.6. The SMILES string of the molecule is C=CCCN(Cc1ncc(-c2ccc3c(c2)cc2n3C(c3ccc(C4CC4)s3)Oc3cc(-c4cnc([C@@H]5CCCN5C(=O)C(NC(O)OC)C(C)(C)F)[nH]4)cc(F)c3-2)[nH]1)C(=O)[C@@H](NC(=O)OC)C(C)C. The van der Waals surface area contributed by atoms with E-state index in [4.69, 9.17) is 14.2 Å². The zero-order valence-electron chi connectivity index (χ0n) is 40.1. The Morgan fingerprint density at radius 2 is 1.80 bits per heavy atom.